The third-order valence-corrected chi connectivity index (χ3v) is 3.33. The van der Waals surface area contributed by atoms with Crippen LogP contribution in [0.5, 0.6) is 5.75 Å². The summed E-state index contributed by atoms with van der Waals surface area (Å²) in [5, 5.41) is 0. The summed E-state index contributed by atoms with van der Waals surface area (Å²) in [6, 6.07) is 14.8. The molecule has 2 aromatic rings. The Morgan fingerprint density at radius 2 is 1.64 bits per heavy atom. The molecule has 2 rings (SSSR count). The summed E-state index contributed by atoms with van der Waals surface area (Å²) < 4.78 is 34.4. The molecule has 0 fully saturated rings. The number of aryl methyl sites for hydroxylation is 1. The van der Waals surface area contributed by atoms with Crippen LogP contribution in [0.15, 0.2) is 59.5 Å². The number of hydrogen-bond acceptors (Lipinski definition) is 5. The van der Waals surface area contributed by atoms with Crippen LogP contribution in [-0.2, 0) is 14.9 Å². The number of benzene rings is 2. The summed E-state index contributed by atoms with van der Waals surface area (Å²) in [6.07, 6.45) is 0. The molecule has 0 amide bonds. The first kappa shape index (κ1) is 17.8. The average Bonchev–Trinajstić information content (AvgIpc) is 2.48. The molecule has 0 bridgehead atoms. The molecule has 0 unspecified atom stereocenters. The number of carbonyl (C=O) groups is 1. The molecule has 22 heavy (non-hydrogen) atoms. The minimum atomic E-state index is -4.02. The van der Waals surface area contributed by atoms with Gasteiger partial charge in [0.15, 0.2) is 0 Å². The van der Waals surface area contributed by atoms with Gasteiger partial charge in [-0.2, -0.15) is 8.42 Å². The van der Waals surface area contributed by atoms with Crippen molar-refractivity contribution in [2.75, 3.05) is 6.54 Å². The van der Waals surface area contributed by atoms with Gasteiger partial charge in [-0.1, -0.05) is 35.9 Å². The van der Waals surface area contributed by atoms with Gasteiger partial charge in [0.25, 0.3) is 10.1 Å². The van der Waals surface area contributed by atoms with Crippen LogP contribution in [0.3, 0.4) is 0 Å². The lowest BCUT2D eigenvalue weighted by atomic mass is 10.2. The van der Waals surface area contributed by atoms with Crippen molar-refractivity contribution in [2.24, 2.45) is 5.73 Å². The number of esters is 1. The highest BCUT2D eigenvalue weighted by Crippen LogP contribution is 2.08. The second-order valence-electron chi connectivity index (χ2n) is 4.28. The SMILES string of the molecule is Cc1ccc(S(=O)(=O)O)cc1.NCC(=O)Oc1ccccc1. The maximum Gasteiger partial charge on any atom is 0.325 e. The quantitative estimate of drug-likeness (QED) is 0.507. The summed E-state index contributed by atoms with van der Waals surface area (Å²) in [5.41, 5.74) is 6.00. The van der Waals surface area contributed by atoms with Crippen molar-refractivity contribution in [3.05, 3.63) is 60.2 Å². The first-order chi connectivity index (χ1) is 10.3. The molecule has 0 radical (unpaired) electrons. The Morgan fingerprint density at radius 3 is 2.09 bits per heavy atom. The molecule has 0 atom stereocenters. The van der Waals surface area contributed by atoms with Crippen LogP contribution < -0.4 is 10.5 Å². The predicted octanol–water partition coefficient (Wildman–Crippen LogP) is 1.79. The van der Waals surface area contributed by atoms with E-state index in [1.54, 1.807) is 36.4 Å². The van der Waals surface area contributed by atoms with Crippen molar-refractivity contribution < 1.29 is 22.5 Å². The molecule has 0 saturated carbocycles. The first-order valence-corrected chi connectivity index (χ1v) is 7.77. The Labute approximate surface area is 129 Å². The molecule has 2 aromatic carbocycles. The maximum absolute atomic E-state index is 10.6. The maximum atomic E-state index is 10.6. The summed E-state index contributed by atoms with van der Waals surface area (Å²) >= 11 is 0. The molecule has 118 valence electrons. The Bertz CT molecular complexity index is 696. The summed E-state index contributed by atoms with van der Waals surface area (Å²) in [6.45, 7) is 1.75. The van der Waals surface area contributed by atoms with Crippen molar-refractivity contribution in [3.63, 3.8) is 0 Å². The summed E-state index contributed by atoms with van der Waals surface area (Å²) in [5.74, 6) is 0.110. The summed E-state index contributed by atoms with van der Waals surface area (Å²) in [7, 11) is -4.02. The first-order valence-electron chi connectivity index (χ1n) is 6.33. The van der Waals surface area contributed by atoms with Crippen LogP contribution in [0.25, 0.3) is 0 Å². The average molecular weight is 323 g/mol. The van der Waals surface area contributed by atoms with Crippen LogP contribution in [-0.4, -0.2) is 25.5 Å². The number of carbonyl (C=O) groups excluding carboxylic acids is 1. The number of nitrogens with two attached hydrogens (primary N) is 1. The Balaban J connectivity index is 0.000000220. The Kier molecular flexibility index (Phi) is 6.71. The molecule has 0 aliphatic rings. The third kappa shape index (κ3) is 6.49. The number of ether oxygens (including phenoxy) is 1. The van der Waals surface area contributed by atoms with Gasteiger partial charge in [0, 0.05) is 0 Å². The van der Waals surface area contributed by atoms with Gasteiger partial charge in [-0.3, -0.25) is 9.35 Å². The van der Waals surface area contributed by atoms with Crippen molar-refractivity contribution in [2.45, 2.75) is 11.8 Å². The molecule has 0 spiro atoms. The van der Waals surface area contributed by atoms with E-state index in [9.17, 15) is 13.2 Å². The zero-order valence-corrected chi connectivity index (χ0v) is 12.8. The molecular formula is C15H17NO5S. The fourth-order valence-corrected chi connectivity index (χ4v) is 1.85. The molecule has 3 N–H and O–H groups in total. The largest absolute Gasteiger partial charge is 0.426 e. The third-order valence-electron chi connectivity index (χ3n) is 2.46. The minimum absolute atomic E-state index is 0.0666. The predicted molar refractivity (Wildman–Crippen MR) is 82.1 cm³/mol. The Morgan fingerprint density at radius 1 is 1.09 bits per heavy atom. The smallest absolute Gasteiger partial charge is 0.325 e. The molecule has 0 aliphatic carbocycles. The van der Waals surface area contributed by atoms with Gasteiger partial charge in [0.05, 0.1) is 11.4 Å². The molecule has 6 nitrogen and oxygen atoms in total. The fourth-order valence-electron chi connectivity index (χ4n) is 1.37. The van der Waals surface area contributed by atoms with E-state index in [2.05, 4.69) is 0 Å². The van der Waals surface area contributed by atoms with Crippen LogP contribution in [0.1, 0.15) is 5.56 Å². The topological polar surface area (TPSA) is 107 Å². The molecule has 7 heteroatoms. The molecule has 0 heterocycles. The lowest BCUT2D eigenvalue weighted by molar-refractivity contribution is -0.132. The number of para-hydroxylation sites is 1. The van der Waals surface area contributed by atoms with Gasteiger partial charge in [-0.05, 0) is 31.2 Å². The van der Waals surface area contributed by atoms with E-state index in [0.717, 1.165) is 5.56 Å². The highest BCUT2D eigenvalue weighted by molar-refractivity contribution is 7.85. The lowest BCUT2D eigenvalue weighted by Gasteiger charge is -1.99. The van der Waals surface area contributed by atoms with Gasteiger partial charge in [-0.25, -0.2) is 0 Å². The zero-order valence-electron chi connectivity index (χ0n) is 12.0. The van der Waals surface area contributed by atoms with Crippen molar-refractivity contribution in [1.29, 1.82) is 0 Å². The van der Waals surface area contributed by atoms with Crippen LogP contribution in [0.4, 0.5) is 0 Å². The fraction of sp³-hybridized carbons (Fsp3) is 0.133. The van der Waals surface area contributed by atoms with E-state index in [4.69, 9.17) is 15.0 Å². The highest BCUT2D eigenvalue weighted by atomic mass is 32.2. The second kappa shape index (κ2) is 8.28. The van der Waals surface area contributed by atoms with Crippen LogP contribution >= 0.6 is 0 Å². The van der Waals surface area contributed by atoms with Crippen LogP contribution in [0.2, 0.25) is 0 Å². The van der Waals surface area contributed by atoms with Gasteiger partial charge in [0.1, 0.15) is 5.75 Å². The van der Waals surface area contributed by atoms with Gasteiger partial charge >= 0.3 is 5.97 Å². The number of hydrogen-bond donors (Lipinski definition) is 2. The molecule has 0 aromatic heterocycles. The monoisotopic (exact) mass is 323 g/mol. The lowest BCUT2D eigenvalue weighted by Crippen LogP contribution is -2.19. The highest BCUT2D eigenvalue weighted by Gasteiger charge is 2.06. The van der Waals surface area contributed by atoms with Crippen molar-refractivity contribution >= 4 is 16.1 Å². The van der Waals surface area contributed by atoms with Crippen molar-refractivity contribution in [1.82, 2.24) is 0 Å². The second-order valence-corrected chi connectivity index (χ2v) is 5.70. The number of rotatable bonds is 3. The Hall–Kier alpha value is -2.22. The van der Waals surface area contributed by atoms with E-state index in [1.807, 2.05) is 13.0 Å². The standard InChI is InChI=1S/C8H9NO2.C7H8O3S/c9-6-8(10)11-7-4-2-1-3-5-7;1-6-2-4-7(5-3-6)11(8,9)10/h1-5H,6,9H2;2-5H,1H3,(H,8,9,10). The van der Waals surface area contributed by atoms with Gasteiger partial charge < -0.3 is 10.5 Å². The normalized spacial score (nSPS) is 10.3. The summed E-state index contributed by atoms with van der Waals surface area (Å²) in [4.78, 5) is 10.6. The van der Waals surface area contributed by atoms with Gasteiger partial charge in [0.2, 0.25) is 0 Å². The minimum Gasteiger partial charge on any atom is -0.426 e. The molecule has 0 aliphatic heterocycles. The zero-order chi connectivity index (χ0) is 16.6. The van der Waals surface area contributed by atoms with Gasteiger partial charge in [-0.15, -0.1) is 0 Å². The van der Waals surface area contributed by atoms with E-state index in [-0.39, 0.29) is 11.4 Å². The van der Waals surface area contributed by atoms with E-state index < -0.39 is 16.1 Å². The van der Waals surface area contributed by atoms with Crippen LogP contribution in [0, 0.1) is 6.92 Å². The van der Waals surface area contributed by atoms with Crippen molar-refractivity contribution in [3.8, 4) is 5.75 Å². The molecule has 0 saturated heterocycles. The van der Waals surface area contributed by atoms with E-state index >= 15 is 0 Å². The van der Waals surface area contributed by atoms with E-state index in [1.165, 1.54) is 12.1 Å². The molecular weight excluding hydrogens is 306 g/mol. The van der Waals surface area contributed by atoms with E-state index in [0.29, 0.717) is 5.75 Å².